The molecule has 4 heteroatoms. The van der Waals surface area contributed by atoms with E-state index in [1.807, 2.05) is 0 Å². The lowest BCUT2D eigenvalue weighted by Gasteiger charge is -2.38. The predicted molar refractivity (Wildman–Crippen MR) is 123 cm³/mol. The largest absolute Gasteiger partial charge is 0.385 e. The highest BCUT2D eigenvalue weighted by Gasteiger charge is 2.35. The summed E-state index contributed by atoms with van der Waals surface area (Å²) in [6.45, 7) is 3.29. The lowest BCUT2D eigenvalue weighted by molar-refractivity contribution is -0.0165. The van der Waals surface area contributed by atoms with Gasteiger partial charge >= 0.3 is 0 Å². The van der Waals surface area contributed by atoms with E-state index in [4.69, 9.17) is 0 Å². The molecule has 1 saturated carbocycles. The van der Waals surface area contributed by atoms with E-state index in [9.17, 15) is 5.11 Å². The van der Waals surface area contributed by atoms with E-state index in [2.05, 4.69) is 64.0 Å². The van der Waals surface area contributed by atoms with Crippen LogP contribution in [0.1, 0.15) is 56.1 Å². The number of nitrogens with zero attached hydrogens (tertiary/aromatic N) is 1. The first-order chi connectivity index (χ1) is 14.7. The van der Waals surface area contributed by atoms with E-state index in [-0.39, 0.29) is 0 Å². The van der Waals surface area contributed by atoms with E-state index >= 15 is 0 Å². The number of rotatable bonds is 6. The molecule has 160 valence electrons. The number of aryl methyl sites for hydroxylation is 1. The SMILES string of the molecule is OC1(c2ccc3[nH]cc(CCC4CCCN4)c3c2)CCC(CN2C=CC=CC2)CC1. The van der Waals surface area contributed by atoms with Crippen LogP contribution in [0.2, 0.25) is 0 Å². The van der Waals surface area contributed by atoms with Gasteiger partial charge in [-0.3, -0.25) is 0 Å². The Bertz CT molecular complexity index is 914. The lowest BCUT2D eigenvalue weighted by Crippen LogP contribution is -2.35. The van der Waals surface area contributed by atoms with Crippen molar-refractivity contribution in [1.82, 2.24) is 15.2 Å². The first-order valence-electron chi connectivity index (χ1n) is 11.8. The van der Waals surface area contributed by atoms with Gasteiger partial charge in [-0.25, -0.2) is 0 Å². The fourth-order valence-corrected chi connectivity index (χ4v) is 5.61. The molecule has 2 fully saturated rings. The van der Waals surface area contributed by atoms with E-state index in [1.165, 1.54) is 42.3 Å². The highest BCUT2D eigenvalue weighted by Crippen LogP contribution is 2.41. The lowest BCUT2D eigenvalue weighted by atomic mass is 9.75. The highest BCUT2D eigenvalue weighted by molar-refractivity contribution is 5.84. The molecule has 30 heavy (non-hydrogen) atoms. The molecule has 2 aliphatic heterocycles. The average molecular weight is 406 g/mol. The van der Waals surface area contributed by atoms with Gasteiger partial charge in [0.05, 0.1) is 5.60 Å². The molecule has 1 saturated heterocycles. The third-order valence-electron chi connectivity index (χ3n) is 7.54. The van der Waals surface area contributed by atoms with Crippen LogP contribution < -0.4 is 5.32 Å². The van der Waals surface area contributed by atoms with Crippen LogP contribution in [0.25, 0.3) is 10.9 Å². The van der Waals surface area contributed by atoms with Crippen molar-refractivity contribution in [3.63, 3.8) is 0 Å². The fraction of sp³-hybridized carbons (Fsp3) is 0.538. The summed E-state index contributed by atoms with van der Waals surface area (Å²) < 4.78 is 0. The van der Waals surface area contributed by atoms with E-state index in [1.54, 1.807) is 0 Å². The maximum Gasteiger partial charge on any atom is 0.0897 e. The second kappa shape index (κ2) is 8.60. The van der Waals surface area contributed by atoms with Crippen LogP contribution in [0.4, 0.5) is 0 Å². The molecule has 4 nitrogen and oxygen atoms in total. The van der Waals surface area contributed by atoms with Gasteiger partial charge in [0.25, 0.3) is 0 Å². The number of benzene rings is 1. The Morgan fingerprint density at radius 1 is 1.13 bits per heavy atom. The van der Waals surface area contributed by atoms with Crippen molar-refractivity contribution < 1.29 is 5.11 Å². The van der Waals surface area contributed by atoms with Crippen molar-refractivity contribution in [2.45, 2.75) is 63.0 Å². The minimum Gasteiger partial charge on any atom is -0.385 e. The number of hydrogen-bond acceptors (Lipinski definition) is 3. The van der Waals surface area contributed by atoms with Crippen molar-refractivity contribution in [3.8, 4) is 0 Å². The summed E-state index contributed by atoms with van der Waals surface area (Å²) in [7, 11) is 0. The van der Waals surface area contributed by atoms with Gasteiger partial charge in [0.2, 0.25) is 0 Å². The molecule has 1 atom stereocenters. The van der Waals surface area contributed by atoms with Gasteiger partial charge in [0, 0.05) is 36.2 Å². The van der Waals surface area contributed by atoms with Crippen LogP contribution in [-0.4, -0.2) is 40.7 Å². The first kappa shape index (κ1) is 19.9. The normalized spacial score (nSPS) is 29.2. The molecule has 2 aromatic rings. The van der Waals surface area contributed by atoms with Crippen LogP contribution in [-0.2, 0) is 12.0 Å². The van der Waals surface area contributed by atoms with Gasteiger partial charge in [0.15, 0.2) is 0 Å². The third-order valence-corrected chi connectivity index (χ3v) is 7.54. The van der Waals surface area contributed by atoms with Crippen LogP contribution in [0.15, 0.2) is 48.8 Å². The van der Waals surface area contributed by atoms with Crippen LogP contribution >= 0.6 is 0 Å². The number of nitrogens with one attached hydrogen (secondary N) is 2. The summed E-state index contributed by atoms with van der Waals surface area (Å²) in [6.07, 6.45) is 19.6. The van der Waals surface area contributed by atoms with Crippen LogP contribution in [0.3, 0.4) is 0 Å². The Morgan fingerprint density at radius 3 is 2.80 bits per heavy atom. The fourth-order valence-electron chi connectivity index (χ4n) is 5.61. The maximum atomic E-state index is 11.5. The number of hydrogen-bond donors (Lipinski definition) is 3. The van der Waals surface area contributed by atoms with Gasteiger partial charge in [0.1, 0.15) is 0 Å². The zero-order valence-electron chi connectivity index (χ0n) is 17.9. The number of fused-ring (bicyclic) bond motifs is 1. The second-order valence-corrected chi connectivity index (χ2v) is 9.60. The Labute approximate surface area is 180 Å². The Hall–Kier alpha value is -2.04. The summed E-state index contributed by atoms with van der Waals surface area (Å²) in [6, 6.07) is 7.24. The van der Waals surface area contributed by atoms with Crippen LogP contribution in [0, 0.1) is 5.92 Å². The number of aromatic nitrogens is 1. The predicted octanol–water partition coefficient (Wildman–Crippen LogP) is 4.62. The second-order valence-electron chi connectivity index (χ2n) is 9.60. The summed E-state index contributed by atoms with van der Waals surface area (Å²) in [5.74, 6) is 0.673. The first-order valence-corrected chi connectivity index (χ1v) is 11.8. The van der Waals surface area contributed by atoms with Gasteiger partial charge in [-0.15, -0.1) is 0 Å². The maximum absolute atomic E-state index is 11.5. The Balaban J connectivity index is 1.25. The molecule has 1 unspecified atom stereocenters. The molecule has 5 rings (SSSR count). The minimum absolute atomic E-state index is 0.669. The summed E-state index contributed by atoms with van der Waals surface area (Å²) in [4.78, 5) is 5.83. The number of aliphatic hydroxyl groups is 1. The number of aromatic amines is 1. The number of allylic oxidation sites excluding steroid dienone is 2. The van der Waals surface area contributed by atoms with Crippen LogP contribution in [0.5, 0.6) is 0 Å². The molecule has 0 spiro atoms. The summed E-state index contributed by atoms with van der Waals surface area (Å²) in [5, 5.41) is 16.4. The standard InChI is InChI=1S/C26H35N3O/c30-26(12-10-20(11-13-26)19-29-15-2-1-3-16-29)22-7-9-25-24(17-22)21(18-28-25)6-8-23-5-4-14-27-23/h1-3,7,9,15,17-18,20,23,27-28,30H,4-6,8,10-14,16,19H2. The molecule has 3 N–H and O–H groups in total. The topological polar surface area (TPSA) is 51.3 Å². The quantitative estimate of drug-likeness (QED) is 0.657. The van der Waals surface area contributed by atoms with Crippen molar-refractivity contribution in [3.05, 3.63) is 60.0 Å². The van der Waals surface area contributed by atoms with Crippen molar-refractivity contribution in [1.29, 1.82) is 0 Å². The summed E-state index contributed by atoms with van der Waals surface area (Å²) in [5.41, 5.74) is 3.01. The van der Waals surface area contributed by atoms with Crippen molar-refractivity contribution in [2.75, 3.05) is 19.6 Å². The monoisotopic (exact) mass is 405 g/mol. The Morgan fingerprint density at radius 2 is 2.03 bits per heavy atom. The highest BCUT2D eigenvalue weighted by atomic mass is 16.3. The average Bonchev–Trinajstić information content (AvgIpc) is 3.44. The molecular weight excluding hydrogens is 370 g/mol. The van der Waals surface area contributed by atoms with Gasteiger partial charge in [-0.05, 0) is 99.4 Å². The zero-order valence-corrected chi connectivity index (χ0v) is 17.9. The molecule has 1 aromatic carbocycles. The van der Waals surface area contributed by atoms with E-state index in [0.717, 1.165) is 50.8 Å². The van der Waals surface area contributed by atoms with E-state index in [0.29, 0.717) is 12.0 Å². The molecule has 1 aromatic heterocycles. The van der Waals surface area contributed by atoms with Gasteiger partial charge in [-0.1, -0.05) is 18.2 Å². The summed E-state index contributed by atoms with van der Waals surface area (Å²) >= 11 is 0. The smallest absolute Gasteiger partial charge is 0.0897 e. The molecule has 1 aliphatic carbocycles. The molecule has 3 aliphatic rings. The van der Waals surface area contributed by atoms with E-state index < -0.39 is 5.60 Å². The van der Waals surface area contributed by atoms with Crippen molar-refractivity contribution in [2.24, 2.45) is 5.92 Å². The van der Waals surface area contributed by atoms with Gasteiger partial charge in [-0.2, -0.15) is 0 Å². The van der Waals surface area contributed by atoms with Crippen molar-refractivity contribution >= 4 is 10.9 Å². The molecule has 3 heterocycles. The Kier molecular flexibility index (Phi) is 5.70. The molecule has 0 bridgehead atoms. The third kappa shape index (κ3) is 4.21. The zero-order chi connectivity index (χ0) is 20.4. The minimum atomic E-state index is -0.677. The molecule has 0 amide bonds. The molecular formula is C26H35N3O. The van der Waals surface area contributed by atoms with Gasteiger partial charge < -0.3 is 20.3 Å². The molecule has 0 radical (unpaired) electrons. The number of H-pyrrole nitrogens is 1.